The molecule has 0 saturated carbocycles. The van der Waals surface area contributed by atoms with Crippen LogP contribution in [-0.2, 0) is 6.42 Å². The lowest BCUT2D eigenvalue weighted by atomic mass is 10.0. The molecule has 0 atom stereocenters. The molecule has 0 radical (unpaired) electrons. The second-order valence-corrected chi connectivity index (χ2v) is 6.88. The highest BCUT2D eigenvalue weighted by Crippen LogP contribution is 2.27. The molecule has 28 heavy (non-hydrogen) atoms. The molecule has 0 saturated heterocycles. The van der Waals surface area contributed by atoms with Crippen molar-refractivity contribution in [1.29, 1.82) is 0 Å². The highest BCUT2D eigenvalue weighted by Gasteiger charge is 2.15. The second-order valence-electron chi connectivity index (χ2n) is 6.88. The Labute approximate surface area is 162 Å². The van der Waals surface area contributed by atoms with Crippen molar-refractivity contribution >= 4 is 16.8 Å². The minimum atomic E-state index is -0.259. The number of hydrogen-bond donors (Lipinski definition) is 3. The molecule has 6 heteroatoms. The van der Waals surface area contributed by atoms with Crippen LogP contribution in [-0.4, -0.2) is 27.6 Å². The SMILES string of the molecule is Cc1[nH]c2c(F)ccc(C)c2c1CCNC(=O)c1cc(-c2ccccc2)n[nH]1. The number of hydrogen-bond acceptors (Lipinski definition) is 2. The van der Waals surface area contributed by atoms with E-state index < -0.39 is 0 Å². The maximum Gasteiger partial charge on any atom is 0.269 e. The number of amides is 1. The van der Waals surface area contributed by atoms with Crippen LogP contribution in [0.3, 0.4) is 0 Å². The molecule has 4 rings (SSSR count). The van der Waals surface area contributed by atoms with E-state index in [9.17, 15) is 9.18 Å². The molecule has 2 aromatic heterocycles. The third-order valence-corrected chi connectivity index (χ3v) is 4.98. The lowest BCUT2D eigenvalue weighted by Gasteiger charge is -2.06. The molecule has 0 spiro atoms. The van der Waals surface area contributed by atoms with Gasteiger partial charge in [-0.25, -0.2) is 4.39 Å². The van der Waals surface area contributed by atoms with Gasteiger partial charge < -0.3 is 10.3 Å². The molecule has 0 aliphatic heterocycles. The second kappa shape index (κ2) is 7.31. The summed E-state index contributed by atoms with van der Waals surface area (Å²) in [6, 6.07) is 14.7. The number of carbonyl (C=O) groups excluding carboxylic acids is 1. The van der Waals surface area contributed by atoms with E-state index in [0.717, 1.165) is 33.5 Å². The fourth-order valence-corrected chi connectivity index (χ4v) is 3.55. The molecule has 0 unspecified atom stereocenters. The summed E-state index contributed by atoms with van der Waals surface area (Å²) in [6.45, 7) is 4.34. The van der Waals surface area contributed by atoms with Crippen molar-refractivity contribution in [1.82, 2.24) is 20.5 Å². The van der Waals surface area contributed by atoms with Crippen LogP contribution < -0.4 is 5.32 Å². The zero-order chi connectivity index (χ0) is 19.7. The van der Waals surface area contributed by atoms with E-state index in [0.29, 0.717) is 24.2 Å². The molecule has 142 valence electrons. The van der Waals surface area contributed by atoms with Gasteiger partial charge in [0.25, 0.3) is 5.91 Å². The minimum absolute atomic E-state index is 0.213. The number of benzene rings is 2. The number of aromatic amines is 2. The Morgan fingerprint density at radius 2 is 1.93 bits per heavy atom. The van der Waals surface area contributed by atoms with Crippen molar-refractivity contribution in [2.75, 3.05) is 6.54 Å². The van der Waals surface area contributed by atoms with Crippen LogP contribution in [0, 0.1) is 19.7 Å². The summed E-state index contributed by atoms with van der Waals surface area (Å²) in [6.07, 6.45) is 0.613. The van der Waals surface area contributed by atoms with Gasteiger partial charge in [-0.3, -0.25) is 9.89 Å². The van der Waals surface area contributed by atoms with Crippen LogP contribution in [0.15, 0.2) is 48.5 Å². The fourth-order valence-electron chi connectivity index (χ4n) is 3.55. The molecular weight excluding hydrogens is 355 g/mol. The van der Waals surface area contributed by atoms with Gasteiger partial charge in [-0.05, 0) is 43.5 Å². The Hall–Kier alpha value is -3.41. The molecular formula is C22H21FN4O. The van der Waals surface area contributed by atoms with Gasteiger partial charge in [0.05, 0.1) is 11.2 Å². The number of nitrogens with one attached hydrogen (secondary N) is 3. The van der Waals surface area contributed by atoms with E-state index in [1.54, 1.807) is 12.1 Å². The normalized spacial score (nSPS) is 11.1. The predicted molar refractivity (Wildman–Crippen MR) is 108 cm³/mol. The van der Waals surface area contributed by atoms with Crippen molar-refractivity contribution in [3.05, 3.63) is 76.9 Å². The van der Waals surface area contributed by atoms with Crippen molar-refractivity contribution in [3.63, 3.8) is 0 Å². The first kappa shape index (κ1) is 18.0. The van der Waals surface area contributed by atoms with Gasteiger partial charge in [0.1, 0.15) is 11.5 Å². The van der Waals surface area contributed by atoms with Crippen molar-refractivity contribution in [2.45, 2.75) is 20.3 Å². The molecule has 1 amide bonds. The Morgan fingerprint density at radius 3 is 2.71 bits per heavy atom. The summed E-state index contributed by atoms with van der Waals surface area (Å²) < 4.78 is 14.1. The van der Waals surface area contributed by atoms with Crippen LogP contribution in [0.4, 0.5) is 4.39 Å². The highest BCUT2D eigenvalue weighted by molar-refractivity contribution is 5.93. The van der Waals surface area contributed by atoms with E-state index in [1.165, 1.54) is 6.07 Å². The molecule has 0 aliphatic rings. The monoisotopic (exact) mass is 376 g/mol. The quantitative estimate of drug-likeness (QED) is 0.486. The van der Waals surface area contributed by atoms with Gasteiger partial charge in [0.15, 0.2) is 0 Å². The summed E-state index contributed by atoms with van der Waals surface area (Å²) >= 11 is 0. The smallest absolute Gasteiger partial charge is 0.269 e. The standard InChI is InChI=1S/C22H21FN4O/c1-13-8-9-17(23)21-20(13)16(14(2)25-21)10-11-24-22(28)19-12-18(26-27-19)15-6-4-3-5-7-15/h3-9,12,25H,10-11H2,1-2H3,(H,24,28)(H,26,27). The Kier molecular flexibility index (Phi) is 4.69. The van der Waals surface area contributed by atoms with Gasteiger partial charge in [-0.1, -0.05) is 36.4 Å². The zero-order valence-corrected chi connectivity index (χ0v) is 15.8. The predicted octanol–water partition coefficient (Wildman–Crippen LogP) is 4.29. The van der Waals surface area contributed by atoms with E-state index in [1.807, 2.05) is 44.2 Å². The van der Waals surface area contributed by atoms with Gasteiger partial charge in [-0.15, -0.1) is 0 Å². The molecule has 4 aromatic rings. The van der Waals surface area contributed by atoms with E-state index in [-0.39, 0.29) is 11.7 Å². The number of carbonyl (C=O) groups is 1. The Bertz CT molecular complexity index is 1140. The lowest BCUT2D eigenvalue weighted by Crippen LogP contribution is -2.26. The van der Waals surface area contributed by atoms with Gasteiger partial charge in [0.2, 0.25) is 0 Å². The molecule has 0 bridgehead atoms. The molecule has 2 aromatic carbocycles. The van der Waals surface area contributed by atoms with Crippen molar-refractivity contribution in [2.24, 2.45) is 0 Å². The topological polar surface area (TPSA) is 73.6 Å². The largest absolute Gasteiger partial charge is 0.356 e. The van der Waals surface area contributed by atoms with E-state index >= 15 is 0 Å². The van der Waals surface area contributed by atoms with Gasteiger partial charge in [0, 0.05) is 23.2 Å². The lowest BCUT2D eigenvalue weighted by molar-refractivity contribution is 0.0949. The molecule has 0 fully saturated rings. The third-order valence-electron chi connectivity index (χ3n) is 4.98. The average Bonchev–Trinajstić information content (AvgIpc) is 3.32. The van der Waals surface area contributed by atoms with Gasteiger partial charge in [-0.2, -0.15) is 5.10 Å². The molecule has 2 heterocycles. The fraction of sp³-hybridized carbons (Fsp3) is 0.182. The first-order valence-electron chi connectivity index (χ1n) is 9.20. The molecule has 0 aliphatic carbocycles. The number of nitrogens with zero attached hydrogens (tertiary/aromatic N) is 1. The van der Waals surface area contributed by atoms with E-state index in [4.69, 9.17) is 0 Å². The van der Waals surface area contributed by atoms with Crippen LogP contribution in [0.25, 0.3) is 22.2 Å². The summed E-state index contributed by atoms with van der Waals surface area (Å²) in [7, 11) is 0. The van der Waals surface area contributed by atoms with Crippen molar-refractivity contribution in [3.8, 4) is 11.3 Å². The van der Waals surface area contributed by atoms with Crippen LogP contribution >= 0.6 is 0 Å². The first-order chi connectivity index (χ1) is 13.5. The zero-order valence-electron chi connectivity index (χ0n) is 15.8. The van der Waals surface area contributed by atoms with Crippen LogP contribution in [0.1, 0.15) is 27.3 Å². The summed E-state index contributed by atoms with van der Waals surface area (Å²) in [4.78, 5) is 15.6. The van der Waals surface area contributed by atoms with E-state index in [2.05, 4.69) is 20.5 Å². The number of rotatable bonds is 5. The van der Waals surface area contributed by atoms with Gasteiger partial charge >= 0.3 is 0 Å². The summed E-state index contributed by atoms with van der Waals surface area (Å²) in [5, 5.41) is 10.8. The summed E-state index contributed by atoms with van der Waals surface area (Å²) in [5.74, 6) is -0.472. The maximum absolute atomic E-state index is 14.1. The highest BCUT2D eigenvalue weighted by atomic mass is 19.1. The molecule has 3 N–H and O–H groups in total. The number of fused-ring (bicyclic) bond motifs is 1. The Balaban J connectivity index is 1.46. The summed E-state index contributed by atoms with van der Waals surface area (Å²) in [5.41, 5.74) is 5.58. The van der Waals surface area contributed by atoms with Crippen LogP contribution in [0.2, 0.25) is 0 Å². The number of aryl methyl sites for hydroxylation is 2. The number of halogens is 1. The first-order valence-corrected chi connectivity index (χ1v) is 9.20. The van der Waals surface area contributed by atoms with Crippen molar-refractivity contribution < 1.29 is 9.18 Å². The van der Waals surface area contributed by atoms with Crippen LogP contribution in [0.5, 0.6) is 0 Å². The number of H-pyrrole nitrogens is 2. The number of aromatic nitrogens is 3. The maximum atomic E-state index is 14.1. The average molecular weight is 376 g/mol. The minimum Gasteiger partial charge on any atom is -0.356 e. The third kappa shape index (κ3) is 3.29. The Morgan fingerprint density at radius 1 is 1.14 bits per heavy atom. The molecule has 5 nitrogen and oxygen atoms in total.